The largest absolute Gasteiger partial charge is 0.388 e. The van der Waals surface area contributed by atoms with Gasteiger partial charge in [-0.1, -0.05) is 44.2 Å². The van der Waals surface area contributed by atoms with Gasteiger partial charge < -0.3 is 10.4 Å². The summed E-state index contributed by atoms with van der Waals surface area (Å²) in [7, 11) is 0. The topological polar surface area (TPSA) is 49.3 Å². The second-order valence-corrected chi connectivity index (χ2v) is 4.97. The summed E-state index contributed by atoms with van der Waals surface area (Å²) in [6, 6.07) is 9.61. The standard InChI is InChI=1S/C15H21NO2/c1-12(2)15(3,18)11-16-14(17)10-9-13-7-5-4-6-8-13/h4-10,12,18H,11H2,1-3H3,(H,16,17)/b10-9-/t15-/m1/s1. The third-order valence-electron chi connectivity index (χ3n) is 3.09. The predicted octanol–water partition coefficient (Wildman–Crippen LogP) is 2.22. The summed E-state index contributed by atoms with van der Waals surface area (Å²) in [5, 5.41) is 12.7. The quantitative estimate of drug-likeness (QED) is 0.784. The summed E-state index contributed by atoms with van der Waals surface area (Å²) >= 11 is 0. The molecule has 0 bridgehead atoms. The summed E-state index contributed by atoms with van der Waals surface area (Å²) in [4.78, 5) is 11.6. The van der Waals surface area contributed by atoms with Crippen LogP contribution in [0.3, 0.4) is 0 Å². The van der Waals surface area contributed by atoms with Crippen LogP contribution in [0.5, 0.6) is 0 Å². The van der Waals surface area contributed by atoms with Crippen molar-refractivity contribution in [2.24, 2.45) is 5.92 Å². The average Bonchev–Trinajstić information content (AvgIpc) is 2.35. The van der Waals surface area contributed by atoms with Gasteiger partial charge in [0.2, 0.25) is 5.91 Å². The maximum atomic E-state index is 11.6. The van der Waals surface area contributed by atoms with Gasteiger partial charge in [0.25, 0.3) is 0 Å². The highest BCUT2D eigenvalue weighted by Gasteiger charge is 2.24. The number of hydrogen-bond donors (Lipinski definition) is 2. The Morgan fingerprint density at radius 2 is 2.00 bits per heavy atom. The molecule has 98 valence electrons. The van der Waals surface area contributed by atoms with Crippen molar-refractivity contribution in [2.45, 2.75) is 26.4 Å². The molecule has 3 nitrogen and oxygen atoms in total. The first-order valence-corrected chi connectivity index (χ1v) is 6.15. The first-order chi connectivity index (χ1) is 8.42. The Kier molecular flexibility index (Phi) is 5.10. The third-order valence-corrected chi connectivity index (χ3v) is 3.09. The molecule has 0 heterocycles. The van der Waals surface area contributed by atoms with Crippen LogP contribution in [-0.2, 0) is 4.79 Å². The highest BCUT2D eigenvalue weighted by atomic mass is 16.3. The van der Waals surface area contributed by atoms with Crippen LogP contribution < -0.4 is 5.32 Å². The molecule has 0 aliphatic heterocycles. The Labute approximate surface area is 109 Å². The number of carbonyl (C=O) groups is 1. The van der Waals surface area contributed by atoms with Gasteiger partial charge in [-0.2, -0.15) is 0 Å². The van der Waals surface area contributed by atoms with Crippen LogP contribution in [0.25, 0.3) is 6.08 Å². The lowest BCUT2D eigenvalue weighted by Gasteiger charge is -2.27. The van der Waals surface area contributed by atoms with Gasteiger partial charge in [-0.05, 0) is 24.5 Å². The van der Waals surface area contributed by atoms with Crippen LogP contribution in [0.2, 0.25) is 0 Å². The number of nitrogens with one attached hydrogen (secondary N) is 1. The summed E-state index contributed by atoms with van der Waals surface area (Å²) in [5.41, 5.74) is 0.0965. The van der Waals surface area contributed by atoms with Crippen LogP contribution in [0.1, 0.15) is 26.3 Å². The third kappa shape index (κ3) is 4.72. The molecule has 2 N–H and O–H groups in total. The molecular weight excluding hydrogens is 226 g/mol. The molecule has 1 amide bonds. The SMILES string of the molecule is CC(C)[C@](C)(O)CNC(=O)/C=C\c1ccccc1. The maximum absolute atomic E-state index is 11.6. The Hall–Kier alpha value is -1.61. The smallest absolute Gasteiger partial charge is 0.244 e. The molecule has 0 spiro atoms. The lowest BCUT2D eigenvalue weighted by atomic mass is 9.92. The molecule has 0 fully saturated rings. The molecule has 0 radical (unpaired) electrons. The fourth-order valence-electron chi connectivity index (χ4n) is 1.27. The Balaban J connectivity index is 2.46. The van der Waals surface area contributed by atoms with Gasteiger partial charge in [0.05, 0.1) is 5.60 Å². The van der Waals surface area contributed by atoms with Crippen molar-refractivity contribution in [3.63, 3.8) is 0 Å². The molecular formula is C15H21NO2. The van der Waals surface area contributed by atoms with E-state index in [1.807, 2.05) is 44.2 Å². The van der Waals surface area contributed by atoms with Crippen molar-refractivity contribution in [1.29, 1.82) is 0 Å². The van der Waals surface area contributed by atoms with Gasteiger partial charge in [0.1, 0.15) is 0 Å². The molecule has 1 rings (SSSR count). The molecule has 18 heavy (non-hydrogen) atoms. The molecule has 0 aliphatic carbocycles. The lowest BCUT2D eigenvalue weighted by molar-refractivity contribution is -0.118. The van der Waals surface area contributed by atoms with Crippen LogP contribution >= 0.6 is 0 Å². The zero-order valence-corrected chi connectivity index (χ0v) is 11.2. The van der Waals surface area contributed by atoms with Crippen LogP contribution in [0, 0.1) is 5.92 Å². The first-order valence-electron chi connectivity index (χ1n) is 6.15. The molecule has 1 aromatic rings. The minimum absolute atomic E-state index is 0.0934. The van der Waals surface area contributed by atoms with E-state index in [1.54, 1.807) is 13.0 Å². The van der Waals surface area contributed by atoms with Gasteiger partial charge in [0.15, 0.2) is 0 Å². The number of aliphatic hydroxyl groups is 1. The Bertz CT molecular complexity index is 408. The molecule has 0 aromatic heterocycles. The molecule has 3 heteroatoms. The summed E-state index contributed by atoms with van der Waals surface area (Å²) < 4.78 is 0. The minimum Gasteiger partial charge on any atom is -0.388 e. The van der Waals surface area contributed by atoms with Gasteiger partial charge in [-0.3, -0.25) is 4.79 Å². The summed E-state index contributed by atoms with van der Waals surface area (Å²) in [5.74, 6) is -0.101. The second-order valence-electron chi connectivity index (χ2n) is 4.97. The van der Waals surface area contributed by atoms with E-state index in [-0.39, 0.29) is 18.4 Å². The first kappa shape index (κ1) is 14.5. The van der Waals surface area contributed by atoms with Crippen molar-refractivity contribution < 1.29 is 9.90 Å². The van der Waals surface area contributed by atoms with Gasteiger partial charge in [-0.15, -0.1) is 0 Å². The maximum Gasteiger partial charge on any atom is 0.244 e. The van der Waals surface area contributed by atoms with Gasteiger partial charge >= 0.3 is 0 Å². The van der Waals surface area contributed by atoms with E-state index >= 15 is 0 Å². The zero-order chi connectivity index (χ0) is 13.6. The van der Waals surface area contributed by atoms with Crippen molar-refractivity contribution >= 4 is 12.0 Å². The van der Waals surface area contributed by atoms with E-state index in [4.69, 9.17) is 0 Å². The number of carbonyl (C=O) groups excluding carboxylic acids is 1. The highest BCUT2D eigenvalue weighted by molar-refractivity contribution is 5.91. The van der Waals surface area contributed by atoms with E-state index < -0.39 is 5.60 Å². The van der Waals surface area contributed by atoms with Crippen molar-refractivity contribution in [3.8, 4) is 0 Å². The fourth-order valence-corrected chi connectivity index (χ4v) is 1.27. The average molecular weight is 247 g/mol. The molecule has 0 saturated heterocycles. The molecule has 1 atom stereocenters. The molecule has 1 aromatic carbocycles. The summed E-state index contributed by atoms with van der Waals surface area (Å²) in [6.07, 6.45) is 3.23. The van der Waals surface area contributed by atoms with E-state index in [0.717, 1.165) is 5.56 Å². The predicted molar refractivity (Wildman–Crippen MR) is 73.9 cm³/mol. The normalized spacial score (nSPS) is 14.7. The number of rotatable bonds is 5. The van der Waals surface area contributed by atoms with Gasteiger partial charge in [-0.25, -0.2) is 0 Å². The van der Waals surface area contributed by atoms with Crippen molar-refractivity contribution in [3.05, 3.63) is 42.0 Å². The van der Waals surface area contributed by atoms with E-state index in [2.05, 4.69) is 5.32 Å². The number of amides is 1. The summed E-state index contributed by atoms with van der Waals surface area (Å²) in [6.45, 7) is 5.82. The lowest BCUT2D eigenvalue weighted by Crippen LogP contribution is -2.43. The number of hydrogen-bond acceptors (Lipinski definition) is 2. The highest BCUT2D eigenvalue weighted by Crippen LogP contribution is 2.14. The molecule has 0 aliphatic rings. The van der Waals surface area contributed by atoms with Crippen LogP contribution in [0.15, 0.2) is 36.4 Å². The van der Waals surface area contributed by atoms with E-state index in [0.29, 0.717) is 0 Å². The minimum atomic E-state index is -0.879. The molecule has 0 unspecified atom stereocenters. The molecule has 0 saturated carbocycles. The van der Waals surface area contributed by atoms with Crippen LogP contribution in [0.4, 0.5) is 0 Å². The Morgan fingerprint density at radius 1 is 1.39 bits per heavy atom. The number of benzene rings is 1. The van der Waals surface area contributed by atoms with Crippen molar-refractivity contribution in [1.82, 2.24) is 5.32 Å². The van der Waals surface area contributed by atoms with E-state index in [1.165, 1.54) is 6.08 Å². The van der Waals surface area contributed by atoms with Gasteiger partial charge in [0, 0.05) is 12.6 Å². The zero-order valence-electron chi connectivity index (χ0n) is 11.2. The fraction of sp³-hybridized carbons (Fsp3) is 0.400. The van der Waals surface area contributed by atoms with Crippen molar-refractivity contribution in [2.75, 3.05) is 6.54 Å². The Morgan fingerprint density at radius 3 is 2.56 bits per heavy atom. The van der Waals surface area contributed by atoms with Crippen LogP contribution in [-0.4, -0.2) is 23.2 Å². The second kappa shape index (κ2) is 6.36. The van der Waals surface area contributed by atoms with E-state index in [9.17, 15) is 9.90 Å². The monoisotopic (exact) mass is 247 g/mol.